The monoisotopic (exact) mass is 338 g/mol. The van der Waals surface area contributed by atoms with E-state index in [1.54, 1.807) is 12.3 Å². The molecule has 1 fully saturated rings. The maximum Gasteiger partial charge on any atom is 0.192 e. The highest BCUT2D eigenvalue weighted by molar-refractivity contribution is 5.73. The van der Waals surface area contributed by atoms with Crippen molar-refractivity contribution in [2.45, 2.75) is 25.8 Å². The van der Waals surface area contributed by atoms with E-state index in [4.69, 9.17) is 0 Å². The third kappa shape index (κ3) is 2.91. The predicted molar refractivity (Wildman–Crippen MR) is 96.8 cm³/mol. The van der Waals surface area contributed by atoms with E-state index in [0.717, 1.165) is 30.7 Å². The van der Waals surface area contributed by atoms with Crippen LogP contribution in [0.5, 0.6) is 5.75 Å². The molecule has 7 nitrogen and oxygen atoms in total. The number of fused-ring (bicyclic) bond motifs is 1. The summed E-state index contributed by atoms with van der Waals surface area (Å²) in [7, 11) is 2.13. The molecule has 2 aromatic heterocycles. The molecule has 0 bridgehead atoms. The van der Waals surface area contributed by atoms with Crippen LogP contribution in [-0.4, -0.2) is 55.8 Å². The molecule has 25 heavy (non-hydrogen) atoms. The van der Waals surface area contributed by atoms with Gasteiger partial charge in [-0.25, -0.2) is 4.98 Å². The highest BCUT2D eigenvalue weighted by atomic mass is 16.3. The number of hydrogen-bond donors (Lipinski definition) is 2. The number of nitrogens with zero attached hydrogens (tertiary/aromatic N) is 5. The number of phenols is 1. The van der Waals surface area contributed by atoms with Crippen molar-refractivity contribution in [1.29, 1.82) is 0 Å². The van der Waals surface area contributed by atoms with Crippen molar-refractivity contribution in [3.63, 3.8) is 0 Å². The maximum absolute atomic E-state index is 10.3. The summed E-state index contributed by atoms with van der Waals surface area (Å²) in [4.78, 5) is 6.77. The zero-order valence-electron chi connectivity index (χ0n) is 14.5. The van der Waals surface area contributed by atoms with Gasteiger partial charge in [0.15, 0.2) is 17.3 Å². The van der Waals surface area contributed by atoms with Crippen molar-refractivity contribution in [1.82, 2.24) is 24.5 Å². The van der Waals surface area contributed by atoms with Gasteiger partial charge < -0.3 is 15.3 Å². The van der Waals surface area contributed by atoms with E-state index in [1.807, 2.05) is 29.7 Å². The first-order valence-corrected chi connectivity index (χ1v) is 8.57. The summed E-state index contributed by atoms with van der Waals surface area (Å²) in [5.74, 6) is 1.47. The normalized spacial score (nSPS) is 18.6. The fourth-order valence-corrected chi connectivity index (χ4v) is 3.52. The summed E-state index contributed by atoms with van der Waals surface area (Å²) in [5.41, 5.74) is 2.35. The van der Waals surface area contributed by atoms with Crippen LogP contribution in [0.2, 0.25) is 0 Å². The van der Waals surface area contributed by atoms with Gasteiger partial charge in [-0.2, -0.15) is 0 Å². The Hall–Kier alpha value is -2.67. The Morgan fingerprint density at radius 2 is 2.16 bits per heavy atom. The molecule has 1 aromatic carbocycles. The Kier molecular flexibility index (Phi) is 4.01. The fraction of sp³-hybridized carbons (Fsp3) is 0.389. The molecule has 3 heterocycles. The van der Waals surface area contributed by atoms with Crippen LogP contribution in [0.1, 0.15) is 18.4 Å². The molecular weight excluding hydrogens is 316 g/mol. The second kappa shape index (κ2) is 6.33. The minimum absolute atomic E-state index is 0.193. The van der Waals surface area contributed by atoms with Gasteiger partial charge in [0.1, 0.15) is 5.75 Å². The molecule has 130 valence electrons. The third-order valence-electron chi connectivity index (χ3n) is 4.77. The molecule has 1 atom stereocenters. The molecule has 0 saturated carbocycles. The number of benzene rings is 1. The van der Waals surface area contributed by atoms with Crippen molar-refractivity contribution in [2.24, 2.45) is 0 Å². The van der Waals surface area contributed by atoms with E-state index in [2.05, 4.69) is 32.4 Å². The number of anilines is 1. The highest BCUT2D eigenvalue weighted by Crippen LogP contribution is 2.31. The largest absolute Gasteiger partial charge is 0.507 e. The van der Waals surface area contributed by atoms with Crippen molar-refractivity contribution < 1.29 is 5.11 Å². The molecule has 1 aliphatic heterocycles. The number of phenolic OH excluding ortho intramolecular Hbond substituents is 1. The molecule has 0 aliphatic carbocycles. The number of likely N-dealkylation sites (N-methyl/N-ethyl adjacent to an activating group) is 1. The first kappa shape index (κ1) is 15.8. The Bertz CT molecular complexity index is 885. The molecule has 0 unspecified atom stereocenters. The van der Waals surface area contributed by atoms with Crippen LogP contribution < -0.4 is 5.32 Å². The summed E-state index contributed by atoms with van der Waals surface area (Å²) in [6.07, 6.45) is 5.86. The topological polar surface area (TPSA) is 78.6 Å². The molecule has 7 heteroatoms. The Labute approximate surface area is 146 Å². The first-order chi connectivity index (χ1) is 12.1. The number of piperidine rings is 1. The van der Waals surface area contributed by atoms with E-state index in [-0.39, 0.29) is 5.75 Å². The molecular formula is C18H22N6O. The summed E-state index contributed by atoms with van der Waals surface area (Å²) < 4.78 is 1.88. The van der Waals surface area contributed by atoms with Gasteiger partial charge in [0.2, 0.25) is 0 Å². The smallest absolute Gasteiger partial charge is 0.192 e. The molecule has 4 rings (SSSR count). The molecule has 0 spiro atoms. The number of hydrogen-bond acceptors (Lipinski definition) is 6. The molecule has 0 radical (unpaired) electrons. The van der Waals surface area contributed by atoms with Gasteiger partial charge in [0, 0.05) is 25.0 Å². The van der Waals surface area contributed by atoms with E-state index in [9.17, 15) is 5.11 Å². The first-order valence-electron chi connectivity index (χ1n) is 8.57. The average Bonchev–Trinajstić information content (AvgIpc) is 3.06. The molecule has 3 aromatic rings. The van der Waals surface area contributed by atoms with Crippen LogP contribution in [-0.2, 0) is 0 Å². The van der Waals surface area contributed by atoms with Gasteiger partial charge in [-0.15, -0.1) is 10.2 Å². The zero-order chi connectivity index (χ0) is 17.4. The predicted octanol–water partition coefficient (Wildman–Crippen LogP) is 2.31. The van der Waals surface area contributed by atoms with Gasteiger partial charge >= 0.3 is 0 Å². The lowest BCUT2D eigenvalue weighted by Crippen LogP contribution is -2.40. The van der Waals surface area contributed by atoms with E-state index >= 15 is 0 Å². The lowest BCUT2D eigenvalue weighted by molar-refractivity contribution is 0.260. The molecule has 0 amide bonds. The van der Waals surface area contributed by atoms with E-state index in [1.165, 1.54) is 6.42 Å². The van der Waals surface area contributed by atoms with Crippen LogP contribution in [0, 0.1) is 6.92 Å². The number of imidazole rings is 1. The van der Waals surface area contributed by atoms with Crippen molar-refractivity contribution in [3.8, 4) is 17.1 Å². The summed E-state index contributed by atoms with van der Waals surface area (Å²) in [6.45, 7) is 4.06. The van der Waals surface area contributed by atoms with E-state index in [0.29, 0.717) is 23.2 Å². The number of aromatic hydroxyl groups is 1. The lowest BCUT2D eigenvalue weighted by Gasteiger charge is -2.30. The maximum atomic E-state index is 10.3. The molecule has 1 aliphatic rings. The molecule has 1 saturated heterocycles. The van der Waals surface area contributed by atoms with Crippen LogP contribution in [0.4, 0.5) is 5.82 Å². The van der Waals surface area contributed by atoms with Crippen molar-refractivity contribution in [3.05, 3.63) is 36.2 Å². The van der Waals surface area contributed by atoms with Crippen LogP contribution in [0.25, 0.3) is 17.0 Å². The second-order valence-electron chi connectivity index (χ2n) is 6.71. The summed E-state index contributed by atoms with van der Waals surface area (Å²) in [5, 5.41) is 22.5. The Morgan fingerprint density at radius 1 is 1.28 bits per heavy atom. The van der Waals surface area contributed by atoms with Gasteiger partial charge in [0.05, 0.1) is 5.56 Å². The third-order valence-corrected chi connectivity index (χ3v) is 4.77. The summed E-state index contributed by atoms with van der Waals surface area (Å²) >= 11 is 0. The van der Waals surface area contributed by atoms with Gasteiger partial charge in [0.25, 0.3) is 0 Å². The Balaban J connectivity index is 1.74. The second-order valence-corrected chi connectivity index (χ2v) is 6.71. The van der Waals surface area contributed by atoms with Crippen LogP contribution >= 0.6 is 0 Å². The SMILES string of the molecule is Cc1cccc(O)c1-c1nnc(N[C@@H]2CCCN(C)C2)c2nccn12. The number of rotatable bonds is 3. The van der Waals surface area contributed by atoms with Gasteiger partial charge in [-0.3, -0.25) is 4.40 Å². The van der Waals surface area contributed by atoms with Crippen molar-refractivity contribution >= 4 is 11.5 Å². The molecule has 2 N–H and O–H groups in total. The Morgan fingerprint density at radius 3 is 2.96 bits per heavy atom. The highest BCUT2D eigenvalue weighted by Gasteiger charge is 2.21. The van der Waals surface area contributed by atoms with Crippen LogP contribution in [0.3, 0.4) is 0 Å². The van der Waals surface area contributed by atoms with Crippen molar-refractivity contribution in [2.75, 3.05) is 25.5 Å². The minimum atomic E-state index is 0.193. The van der Waals surface area contributed by atoms with Gasteiger partial charge in [-0.1, -0.05) is 12.1 Å². The number of aromatic nitrogens is 4. The summed E-state index contributed by atoms with van der Waals surface area (Å²) in [6, 6.07) is 5.77. The quantitative estimate of drug-likeness (QED) is 0.763. The fourth-order valence-electron chi connectivity index (χ4n) is 3.52. The standard InChI is InChI=1S/C18H22N6O/c1-12-5-3-7-14(25)15(12)17-22-21-16(18-19-8-10-24(17)18)20-13-6-4-9-23(2)11-13/h3,5,7-8,10,13,25H,4,6,9,11H2,1-2H3,(H,20,21)/t13-/m1/s1. The number of aryl methyl sites for hydroxylation is 1. The average molecular weight is 338 g/mol. The number of likely N-dealkylation sites (tertiary alicyclic amines) is 1. The van der Waals surface area contributed by atoms with E-state index < -0.39 is 0 Å². The lowest BCUT2D eigenvalue weighted by atomic mass is 10.1. The zero-order valence-corrected chi connectivity index (χ0v) is 14.5. The van der Waals surface area contributed by atoms with Gasteiger partial charge in [-0.05, 0) is 45.0 Å². The minimum Gasteiger partial charge on any atom is -0.507 e. The van der Waals surface area contributed by atoms with Crippen LogP contribution in [0.15, 0.2) is 30.6 Å². The number of nitrogens with one attached hydrogen (secondary N) is 1.